The molecule has 0 spiro atoms. The summed E-state index contributed by atoms with van der Waals surface area (Å²) in [6.07, 6.45) is 0. The van der Waals surface area contributed by atoms with E-state index in [9.17, 15) is 4.79 Å². The molecule has 5 heteroatoms. The molecule has 3 aromatic rings. The van der Waals surface area contributed by atoms with E-state index in [-0.39, 0.29) is 6.03 Å². The summed E-state index contributed by atoms with van der Waals surface area (Å²) in [6, 6.07) is 23.2. The van der Waals surface area contributed by atoms with E-state index in [0.717, 1.165) is 26.7 Å². The number of halogens is 1. The summed E-state index contributed by atoms with van der Waals surface area (Å²) in [7, 11) is 0. The average molecular weight is 367 g/mol. The number of carbonyl (C=O) groups excluding carboxylic acids is 1. The second kappa shape index (κ2) is 6.82. The lowest BCUT2D eigenvalue weighted by Gasteiger charge is -2.31. The fourth-order valence-corrected chi connectivity index (χ4v) is 4.10. The molecule has 0 aliphatic carbocycles. The molecule has 4 rings (SSSR count). The van der Waals surface area contributed by atoms with Crippen molar-refractivity contribution in [3.63, 3.8) is 0 Å². The Morgan fingerprint density at radius 3 is 2.20 bits per heavy atom. The second-order valence-electron chi connectivity index (χ2n) is 5.66. The number of nitrogens with zero attached hydrogens (tertiary/aromatic N) is 1. The van der Waals surface area contributed by atoms with Crippen molar-refractivity contribution in [3.05, 3.63) is 83.4 Å². The Morgan fingerprint density at radius 2 is 1.56 bits per heavy atom. The molecule has 0 radical (unpaired) electrons. The van der Waals surface area contributed by atoms with Gasteiger partial charge in [0.1, 0.15) is 0 Å². The fourth-order valence-electron chi connectivity index (χ4n) is 2.83. The summed E-state index contributed by atoms with van der Waals surface area (Å²) in [5, 5.41) is 3.66. The van der Waals surface area contributed by atoms with Gasteiger partial charge in [0.25, 0.3) is 0 Å². The lowest BCUT2D eigenvalue weighted by Crippen LogP contribution is -2.37. The van der Waals surface area contributed by atoms with Gasteiger partial charge in [0, 0.05) is 21.4 Å². The van der Waals surface area contributed by atoms with Crippen molar-refractivity contribution < 1.29 is 4.79 Å². The first-order valence-corrected chi connectivity index (χ1v) is 9.10. The van der Waals surface area contributed by atoms with E-state index in [4.69, 9.17) is 11.6 Å². The number of amides is 2. The molecule has 124 valence electrons. The predicted molar refractivity (Wildman–Crippen MR) is 103 cm³/mol. The van der Waals surface area contributed by atoms with Crippen LogP contribution in [0.3, 0.4) is 0 Å². The molecule has 0 fully saturated rings. The van der Waals surface area contributed by atoms with Crippen molar-refractivity contribution in [1.29, 1.82) is 0 Å². The van der Waals surface area contributed by atoms with Crippen LogP contribution < -0.4 is 10.2 Å². The number of fused-ring (bicyclic) bond motifs is 2. The highest BCUT2D eigenvalue weighted by molar-refractivity contribution is 7.99. The number of urea groups is 1. The Bertz CT molecular complexity index is 899. The normalized spacial score (nSPS) is 12.3. The van der Waals surface area contributed by atoms with Crippen molar-refractivity contribution in [2.24, 2.45) is 0 Å². The number of anilines is 2. The van der Waals surface area contributed by atoms with Crippen LogP contribution in [0.4, 0.5) is 16.2 Å². The third kappa shape index (κ3) is 3.23. The van der Waals surface area contributed by atoms with Crippen LogP contribution in [0.5, 0.6) is 0 Å². The highest BCUT2D eigenvalue weighted by atomic mass is 35.5. The number of hydrogen-bond acceptors (Lipinski definition) is 2. The number of nitrogens with one attached hydrogen (secondary N) is 1. The van der Waals surface area contributed by atoms with Crippen LogP contribution in [0.15, 0.2) is 82.6 Å². The Kier molecular flexibility index (Phi) is 4.38. The van der Waals surface area contributed by atoms with Crippen molar-refractivity contribution in [1.82, 2.24) is 5.32 Å². The molecule has 0 aromatic heterocycles. The van der Waals surface area contributed by atoms with Crippen LogP contribution in [-0.2, 0) is 6.54 Å². The quantitative estimate of drug-likeness (QED) is 0.616. The minimum Gasteiger partial charge on any atom is -0.333 e. The molecule has 1 heterocycles. The average Bonchev–Trinajstić information content (AvgIpc) is 2.64. The molecule has 0 saturated carbocycles. The van der Waals surface area contributed by atoms with E-state index in [0.29, 0.717) is 11.6 Å². The van der Waals surface area contributed by atoms with E-state index in [1.54, 1.807) is 16.7 Å². The van der Waals surface area contributed by atoms with Crippen LogP contribution >= 0.6 is 23.4 Å². The van der Waals surface area contributed by atoms with E-state index >= 15 is 0 Å². The Labute approximate surface area is 155 Å². The number of para-hydroxylation sites is 2. The molecular formula is C20H15ClN2OS. The maximum Gasteiger partial charge on any atom is 0.326 e. The summed E-state index contributed by atoms with van der Waals surface area (Å²) in [5.74, 6) is 0. The number of carbonyl (C=O) groups is 1. The third-order valence-corrected chi connectivity index (χ3v) is 5.33. The Hall–Kier alpha value is -2.43. The number of benzene rings is 3. The van der Waals surface area contributed by atoms with Gasteiger partial charge < -0.3 is 5.32 Å². The molecule has 0 unspecified atom stereocenters. The minimum atomic E-state index is -0.153. The molecule has 3 nitrogen and oxygen atoms in total. The molecule has 3 aromatic carbocycles. The smallest absolute Gasteiger partial charge is 0.326 e. The van der Waals surface area contributed by atoms with Gasteiger partial charge in [0.05, 0.1) is 11.4 Å². The first-order chi connectivity index (χ1) is 12.2. The number of hydrogen-bond donors (Lipinski definition) is 1. The summed E-state index contributed by atoms with van der Waals surface area (Å²) in [4.78, 5) is 16.8. The van der Waals surface area contributed by atoms with Gasteiger partial charge >= 0.3 is 6.03 Å². The first-order valence-electron chi connectivity index (χ1n) is 7.91. The van der Waals surface area contributed by atoms with Gasteiger partial charge in [0.2, 0.25) is 0 Å². The maximum atomic E-state index is 13.0. The summed E-state index contributed by atoms with van der Waals surface area (Å²) >= 11 is 7.70. The minimum absolute atomic E-state index is 0.153. The summed E-state index contributed by atoms with van der Waals surface area (Å²) in [5.41, 5.74) is 2.76. The topological polar surface area (TPSA) is 32.3 Å². The Morgan fingerprint density at radius 1 is 0.920 bits per heavy atom. The molecule has 0 bridgehead atoms. The largest absolute Gasteiger partial charge is 0.333 e. The zero-order valence-electron chi connectivity index (χ0n) is 13.3. The van der Waals surface area contributed by atoms with E-state index in [2.05, 4.69) is 5.32 Å². The van der Waals surface area contributed by atoms with Gasteiger partial charge in [0.15, 0.2) is 0 Å². The molecule has 1 N–H and O–H groups in total. The lowest BCUT2D eigenvalue weighted by molar-refractivity contribution is 0.248. The molecule has 0 atom stereocenters. The molecule has 1 aliphatic heterocycles. The predicted octanol–water partition coefficient (Wildman–Crippen LogP) is 5.85. The summed E-state index contributed by atoms with van der Waals surface area (Å²) in [6.45, 7) is 0.424. The van der Waals surface area contributed by atoms with Gasteiger partial charge in [-0.3, -0.25) is 4.90 Å². The molecular weight excluding hydrogens is 352 g/mol. The first kappa shape index (κ1) is 16.1. The van der Waals surface area contributed by atoms with Gasteiger partial charge in [-0.15, -0.1) is 0 Å². The zero-order chi connectivity index (χ0) is 17.2. The van der Waals surface area contributed by atoms with Gasteiger partial charge in [-0.2, -0.15) is 0 Å². The van der Waals surface area contributed by atoms with E-state index in [1.165, 1.54) is 0 Å². The van der Waals surface area contributed by atoms with Crippen LogP contribution in [0.2, 0.25) is 5.02 Å². The SMILES string of the molecule is O=C(NCc1cccc(Cl)c1)N1c2ccccc2Sc2ccccc21. The standard InChI is InChI=1S/C20H15ClN2OS/c21-15-7-5-6-14(12-15)13-22-20(24)23-16-8-1-3-10-18(16)25-19-11-4-2-9-17(19)23/h1-12H,13H2,(H,22,24). The van der Waals surface area contributed by atoms with Crippen LogP contribution in [0, 0.1) is 0 Å². The molecule has 25 heavy (non-hydrogen) atoms. The molecule has 0 saturated heterocycles. The fraction of sp³-hybridized carbons (Fsp3) is 0.0500. The van der Waals surface area contributed by atoms with Crippen molar-refractivity contribution in [3.8, 4) is 0 Å². The Balaban J connectivity index is 1.64. The van der Waals surface area contributed by atoms with Gasteiger partial charge in [-0.05, 0) is 42.0 Å². The van der Waals surface area contributed by atoms with Crippen LogP contribution in [-0.4, -0.2) is 6.03 Å². The van der Waals surface area contributed by atoms with Crippen LogP contribution in [0.25, 0.3) is 0 Å². The van der Waals surface area contributed by atoms with Crippen molar-refractivity contribution >= 4 is 40.8 Å². The molecule has 1 aliphatic rings. The maximum absolute atomic E-state index is 13.0. The highest BCUT2D eigenvalue weighted by Gasteiger charge is 2.27. The second-order valence-corrected chi connectivity index (χ2v) is 7.18. The summed E-state index contributed by atoms with van der Waals surface area (Å²) < 4.78 is 0. The lowest BCUT2D eigenvalue weighted by atomic mass is 10.2. The van der Waals surface area contributed by atoms with E-state index in [1.807, 2.05) is 72.8 Å². The van der Waals surface area contributed by atoms with Gasteiger partial charge in [-0.25, -0.2) is 4.79 Å². The van der Waals surface area contributed by atoms with Crippen molar-refractivity contribution in [2.45, 2.75) is 16.3 Å². The van der Waals surface area contributed by atoms with Crippen LogP contribution in [0.1, 0.15) is 5.56 Å². The van der Waals surface area contributed by atoms with E-state index < -0.39 is 0 Å². The third-order valence-electron chi connectivity index (χ3n) is 3.97. The van der Waals surface area contributed by atoms with Gasteiger partial charge in [-0.1, -0.05) is 59.8 Å². The zero-order valence-corrected chi connectivity index (χ0v) is 14.8. The highest BCUT2D eigenvalue weighted by Crippen LogP contribution is 2.47. The monoisotopic (exact) mass is 366 g/mol. The molecule has 2 amide bonds. The number of rotatable bonds is 2. The van der Waals surface area contributed by atoms with Crippen molar-refractivity contribution in [2.75, 3.05) is 4.90 Å².